The van der Waals surface area contributed by atoms with E-state index in [4.69, 9.17) is 0 Å². The Morgan fingerprint density at radius 1 is 1.12 bits per heavy atom. The maximum absolute atomic E-state index is 3.59. The molecule has 2 nitrogen and oxygen atoms in total. The Morgan fingerprint density at radius 3 is 2.44 bits per heavy atom. The van der Waals surface area contributed by atoms with Gasteiger partial charge in [0.1, 0.15) is 0 Å². The fraction of sp³-hybridized carbons (Fsp3) is 1.00. The van der Waals surface area contributed by atoms with Crippen LogP contribution in [0.5, 0.6) is 0 Å². The highest BCUT2D eigenvalue weighted by molar-refractivity contribution is 4.81. The van der Waals surface area contributed by atoms with Crippen molar-refractivity contribution < 1.29 is 0 Å². The molecule has 0 atom stereocenters. The van der Waals surface area contributed by atoms with Gasteiger partial charge in [-0.3, -0.25) is 0 Å². The van der Waals surface area contributed by atoms with Crippen molar-refractivity contribution in [2.75, 3.05) is 19.6 Å². The molecule has 0 heterocycles. The standard InChI is InChI=1S/C14H28N2/c1-12(2)16(11-13-5-6-13)10-4-3-9-15-14-7-8-14/h12-15H,3-11H2,1-2H3. The van der Waals surface area contributed by atoms with Crippen molar-refractivity contribution in [3.8, 4) is 0 Å². The third kappa shape index (κ3) is 4.84. The number of hydrogen-bond donors (Lipinski definition) is 1. The van der Waals surface area contributed by atoms with Gasteiger partial charge in [0.05, 0.1) is 0 Å². The first kappa shape index (κ1) is 12.4. The Labute approximate surface area is 101 Å². The molecule has 0 radical (unpaired) electrons. The van der Waals surface area contributed by atoms with Crippen LogP contribution in [0.15, 0.2) is 0 Å². The topological polar surface area (TPSA) is 15.3 Å². The van der Waals surface area contributed by atoms with E-state index in [0.717, 1.165) is 18.0 Å². The summed E-state index contributed by atoms with van der Waals surface area (Å²) in [5.74, 6) is 1.03. The average Bonchev–Trinajstić information content (AvgIpc) is 3.10. The molecule has 16 heavy (non-hydrogen) atoms. The van der Waals surface area contributed by atoms with Crippen LogP contribution < -0.4 is 5.32 Å². The molecular weight excluding hydrogens is 196 g/mol. The van der Waals surface area contributed by atoms with Gasteiger partial charge >= 0.3 is 0 Å². The van der Waals surface area contributed by atoms with Gasteiger partial charge in [0, 0.05) is 18.6 Å². The fourth-order valence-corrected chi connectivity index (χ4v) is 2.23. The molecule has 0 unspecified atom stereocenters. The second-order valence-electron chi connectivity index (χ2n) is 5.97. The molecular formula is C14H28N2. The zero-order chi connectivity index (χ0) is 11.4. The van der Waals surface area contributed by atoms with E-state index in [0.29, 0.717) is 0 Å². The molecule has 2 saturated carbocycles. The van der Waals surface area contributed by atoms with Crippen LogP contribution in [-0.4, -0.2) is 36.6 Å². The summed E-state index contributed by atoms with van der Waals surface area (Å²) in [6.07, 6.45) is 8.51. The summed E-state index contributed by atoms with van der Waals surface area (Å²) in [6.45, 7) is 8.57. The molecule has 2 aliphatic rings. The first-order chi connectivity index (χ1) is 7.75. The Kier molecular flexibility index (Phi) is 4.66. The van der Waals surface area contributed by atoms with E-state index in [2.05, 4.69) is 24.1 Å². The summed E-state index contributed by atoms with van der Waals surface area (Å²) < 4.78 is 0. The molecule has 0 aromatic heterocycles. The number of unbranched alkanes of at least 4 members (excludes halogenated alkanes) is 1. The number of hydrogen-bond acceptors (Lipinski definition) is 2. The van der Waals surface area contributed by atoms with Crippen LogP contribution in [0.25, 0.3) is 0 Å². The lowest BCUT2D eigenvalue weighted by Crippen LogP contribution is -2.34. The molecule has 1 N–H and O–H groups in total. The lowest BCUT2D eigenvalue weighted by atomic mass is 10.2. The van der Waals surface area contributed by atoms with Crippen molar-refractivity contribution in [2.45, 2.75) is 64.5 Å². The summed E-state index contributed by atoms with van der Waals surface area (Å²) in [5, 5.41) is 3.59. The van der Waals surface area contributed by atoms with Crippen LogP contribution in [0.3, 0.4) is 0 Å². The SMILES string of the molecule is CC(C)N(CCCCNC1CC1)CC1CC1. The highest BCUT2D eigenvalue weighted by Gasteiger charge is 2.25. The van der Waals surface area contributed by atoms with Gasteiger partial charge in [0.15, 0.2) is 0 Å². The Balaban J connectivity index is 1.50. The van der Waals surface area contributed by atoms with Gasteiger partial charge in [0.25, 0.3) is 0 Å². The van der Waals surface area contributed by atoms with Gasteiger partial charge in [-0.2, -0.15) is 0 Å². The Bertz CT molecular complexity index is 195. The maximum atomic E-state index is 3.59. The Morgan fingerprint density at radius 2 is 1.88 bits per heavy atom. The number of nitrogens with zero attached hydrogens (tertiary/aromatic N) is 1. The van der Waals surface area contributed by atoms with E-state index in [1.807, 2.05) is 0 Å². The van der Waals surface area contributed by atoms with Crippen LogP contribution in [0.4, 0.5) is 0 Å². The van der Waals surface area contributed by atoms with E-state index >= 15 is 0 Å². The first-order valence-electron chi connectivity index (χ1n) is 7.23. The van der Waals surface area contributed by atoms with Crippen molar-refractivity contribution in [1.29, 1.82) is 0 Å². The molecule has 2 fully saturated rings. The third-order valence-corrected chi connectivity index (χ3v) is 3.80. The third-order valence-electron chi connectivity index (χ3n) is 3.80. The molecule has 0 amide bonds. The van der Waals surface area contributed by atoms with Gasteiger partial charge in [-0.25, -0.2) is 0 Å². The van der Waals surface area contributed by atoms with E-state index in [1.165, 1.54) is 58.2 Å². The van der Waals surface area contributed by atoms with Crippen molar-refractivity contribution in [3.63, 3.8) is 0 Å². The second kappa shape index (κ2) is 6.02. The quantitative estimate of drug-likeness (QED) is 0.606. The highest BCUT2D eigenvalue weighted by Crippen LogP contribution is 2.30. The zero-order valence-corrected chi connectivity index (χ0v) is 11.0. The largest absolute Gasteiger partial charge is 0.314 e. The lowest BCUT2D eigenvalue weighted by Gasteiger charge is -2.26. The minimum absolute atomic E-state index is 0.733. The molecule has 0 aromatic carbocycles. The highest BCUT2D eigenvalue weighted by atomic mass is 15.1. The van der Waals surface area contributed by atoms with E-state index in [9.17, 15) is 0 Å². The molecule has 0 aromatic rings. The van der Waals surface area contributed by atoms with Gasteiger partial charge < -0.3 is 10.2 Å². The molecule has 0 aliphatic heterocycles. The van der Waals surface area contributed by atoms with Gasteiger partial charge in [0.2, 0.25) is 0 Å². The molecule has 2 aliphatic carbocycles. The fourth-order valence-electron chi connectivity index (χ4n) is 2.23. The first-order valence-corrected chi connectivity index (χ1v) is 7.23. The zero-order valence-electron chi connectivity index (χ0n) is 11.0. The molecule has 2 heteroatoms. The molecule has 2 rings (SSSR count). The summed E-state index contributed by atoms with van der Waals surface area (Å²) in [6, 6.07) is 1.62. The minimum Gasteiger partial charge on any atom is -0.314 e. The number of nitrogens with one attached hydrogen (secondary N) is 1. The normalized spacial score (nSPS) is 21.0. The van der Waals surface area contributed by atoms with Crippen molar-refractivity contribution in [3.05, 3.63) is 0 Å². The predicted octanol–water partition coefficient (Wildman–Crippen LogP) is 2.64. The molecule has 94 valence electrons. The molecule has 0 bridgehead atoms. The Hall–Kier alpha value is -0.0800. The summed E-state index contributed by atoms with van der Waals surface area (Å²) >= 11 is 0. The van der Waals surface area contributed by atoms with Crippen LogP contribution >= 0.6 is 0 Å². The van der Waals surface area contributed by atoms with E-state index in [-0.39, 0.29) is 0 Å². The maximum Gasteiger partial charge on any atom is 0.00682 e. The monoisotopic (exact) mass is 224 g/mol. The average molecular weight is 224 g/mol. The second-order valence-corrected chi connectivity index (χ2v) is 5.97. The van der Waals surface area contributed by atoms with Crippen LogP contribution in [0.1, 0.15) is 52.4 Å². The van der Waals surface area contributed by atoms with E-state index < -0.39 is 0 Å². The van der Waals surface area contributed by atoms with Crippen LogP contribution in [-0.2, 0) is 0 Å². The van der Waals surface area contributed by atoms with Gasteiger partial charge in [-0.1, -0.05) is 0 Å². The van der Waals surface area contributed by atoms with Gasteiger partial charge in [-0.05, 0) is 71.4 Å². The van der Waals surface area contributed by atoms with Crippen LogP contribution in [0.2, 0.25) is 0 Å². The smallest absolute Gasteiger partial charge is 0.00682 e. The lowest BCUT2D eigenvalue weighted by molar-refractivity contribution is 0.208. The molecule has 0 saturated heterocycles. The predicted molar refractivity (Wildman–Crippen MR) is 69.7 cm³/mol. The van der Waals surface area contributed by atoms with Gasteiger partial charge in [-0.15, -0.1) is 0 Å². The minimum atomic E-state index is 0.733. The number of rotatable bonds is 9. The van der Waals surface area contributed by atoms with Crippen molar-refractivity contribution in [2.24, 2.45) is 5.92 Å². The summed E-state index contributed by atoms with van der Waals surface area (Å²) in [7, 11) is 0. The summed E-state index contributed by atoms with van der Waals surface area (Å²) in [5.41, 5.74) is 0. The molecule has 0 spiro atoms. The van der Waals surface area contributed by atoms with E-state index in [1.54, 1.807) is 0 Å². The summed E-state index contributed by atoms with van der Waals surface area (Å²) in [4.78, 5) is 2.68. The van der Waals surface area contributed by atoms with Crippen molar-refractivity contribution >= 4 is 0 Å². The van der Waals surface area contributed by atoms with Crippen molar-refractivity contribution in [1.82, 2.24) is 10.2 Å². The van der Waals surface area contributed by atoms with Crippen LogP contribution in [0, 0.1) is 5.92 Å².